The number of nitro groups is 1. The predicted molar refractivity (Wildman–Crippen MR) is 106 cm³/mol. The summed E-state index contributed by atoms with van der Waals surface area (Å²) in [6, 6.07) is 13.0. The first-order valence-corrected chi connectivity index (χ1v) is 9.28. The first-order chi connectivity index (χ1) is 14.4. The molecule has 1 unspecified atom stereocenters. The van der Waals surface area contributed by atoms with Crippen molar-refractivity contribution in [1.29, 1.82) is 0 Å². The number of nitro benzene ring substituents is 1. The number of hydrogen-bond acceptors (Lipinski definition) is 6. The number of urea groups is 1. The van der Waals surface area contributed by atoms with E-state index in [0.29, 0.717) is 0 Å². The third kappa shape index (κ3) is 4.44. The van der Waals surface area contributed by atoms with Gasteiger partial charge in [-0.05, 0) is 30.5 Å². The first-order valence-electron chi connectivity index (χ1n) is 9.28. The molecule has 2 N–H and O–H groups in total. The lowest BCUT2D eigenvalue weighted by Gasteiger charge is -2.21. The van der Waals surface area contributed by atoms with Crippen molar-refractivity contribution >= 4 is 29.2 Å². The van der Waals surface area contributed by atoms with Crippen molar-refractivity contribution < 1.29 is 24.5 Å². The topological polar surface area (TPSA) is 133 Å². The highest BCUT2D eigenvalue weighted by atomic mass is 16.6. The number of non-ortho nitro benzene ring substituents is 1. The number of carbonyl (C=O) groups excluding carboxylic acids is 3. The Labute approximate surface area is 171 Å². The molecule has 1 heterocycles. The maximum atomic E-state index is 13.1. The number of anilines is 1. The Kier molecular flexibility index (Phi) is 6.38. The highest BCUT2D eigenvalue weighted by Crippen LogP contribution is 2.30. The number of hydrogen-bond donors (Lipinski definition) is 2. The molecule has 10 heteroatoms. The van der Waals surface area contributed by atoms with Gasteiger partial charge in [-0.1, -0.05) is 30.3 Å². The van der Waals surface area contributed by atoms with Gasteiger partial charge in [-0.3, -0.25) is 24.9 Å². The van der Waals surface area contributed by atoms with E-state index < -0.39 is 28.8 Å². The van der Waals surface area contributed by atoms with Crippen molar-refractivity contribution in [3.05, 3.63) is 70.3 Å². The van der Waals surface area contributed by atoms with Crippen molar-refractivity contribution in [2.24, 2.45) is 0 Å². The van der Waals surface area contributed by atoms with Gasteiger partial charge in [0.2, 0.25) is 5.91 Å². The SMILES string of the molecule is O=C(CCCC1C(=O)N(c2ccc([N+](=O)[O-])cc2)C(=O)N1Cc1ccccc1)NO. The molecule has 0 bridgehead atoms. The van der Waals surface area contributed by atoms with E-state index in [1.54, 1.807) is 5.48 Å². The molecule has 1 aliphatic heterocycles. The average molecular weight is 412 g/mol. The molecule has 1 saturated heterocycles. The molecule has 1 atom stereocenters. The molecule has 0 aliphatic carbocycles. The van der Waals surface area contributed by atoms with Crippen LogP contribution >= 0.6 is 0 Å². The van der Waals surface area contributed by atoms with Crippen LogP contribution < -0.4 is 10.4 Å². The van der Waals surface area contributed by atoms with E-state index in [-0.39, 0.29) is 37.2 Å². The molecule has 2 aromatic carbocycles. The summed E-state index contributed by atoms with van der Waals surface area (Å²) < 4.78 is 0. The van der Waals surface area contributed by atoms with Crippen molar-refractivity contribution in [2.45, 2.75) is 31.8 Å². The van der Waals surface area contributed by atoms with Crippen LogP contribution in [0, 0.1) is 10.1 Å². The summed E-state index contributed by atoms with van der Waals surface area (Å²) in [6.45, 7) is 0.200. The summed E-state index contributed by atoms with van der Waals surface area (Å²) in [5.74, 6) is -1.04. The smallest absolute Gasteiger partial charge is 0.308 e. The van der Waals surface area contributed by atoms with E-state index in [1.807, 2.05) is 30.3 Å². The van der Waals surface area contributed by atoms with Gasteiger partial charge in [0.1, 0.15) is 6.04 Å². The number of amides is 4. The Morgan fingerprint density at radius 1 is 1.10 bits per heavy atom. The molecule has 1 fully saturated rings. The van der Waals surface area contributed by atoms with E-state index in [1.165, 1.54) is 29.2 Å². The highest BCUT2D eigenvalue weighted by Gasteiger charge is 2.45. The molecule has 30 heavy (non-hydrogen) atoms. The van der Waals surface area contributed by atoms with Crippen LogP contribution in [0.1, 0.15) is 24.8 Å². The van der Waals surface area contributed by atoms with Gasteiger partial charge in [-0.25, -0.2) is 15.2 Å². The van der Waals surface area contributed by atoms with Gasteiger partial charge < -0.3 is 4.90 Å². The van der Waals surface area contributed by atoms with E-state index in [2.05, 4.69) is 0 Å². The lowest BCUT2D eigenvalue weighted by Crippen LogP contribution is -2.35. The van der Waals surface area contributed by atoms with E-state index in [9.17, 15) is 24.5 Å². The molecule has 0 spiro atoms. The van der Waals surface area contributed by atoms with Gasteiger partial charge in [0.15, 0.2) is 0 Å². The lowest BCUT2D eigenvalue weighted by atomic mass is 10.1. The monoisotopic (exact) mass is 412 g/mol. The van der Waals surface area contributed by atoms with Crippen molar-refractivity contribution in [3.63, 3.8) is 0 Å². The molecule has 4 amide bonds. The van der Waals surface area contributed by atoms with E-state index in [0.717, 1.165) is 10.5 Å². The minimum absolute atomic E-state index is 0.00514. The normalized spacial score (nSPS) is 16.1. The number of carbonyl (C=O) groups is 3. The minimum atomic E-state index is -0.792. The molecule has 0 saturated carbocycles. The number of hydroxylamine groups is 1. The maximum Gasteiger partial charge on any atom is 0.332 e. The number of nitrogens with zero attached hydrogens (tertiary/aromatic N) is 3. The summed E-state index contributed by atoms with van der Waals surface area (Å²) >= 11 is 0. The van der Waals surface area contributed by atoms with Crippen LogP contribution in [0.5, 0.6) is 0 Å². The third-order valence-corrected chi connectivity index (χ3v) is 4.84. The van der Waals surface area contributed by atoms with Gasteiger partial charge in [0, 0.05) is 25.1 Å². The second-order valence-electron chi connectivity index (χ2n) is 6.79. The number of imide groups is 1. The fourth-order valence-electron chi connectivity index (χ4n) is 3.35. The highest BCUT2D eigenvalue weighted by molar-refractivity contribution is 6.21. The van der Waals surface area contributed by atoms with Crippen LogP contribution in [0.4, 0.5) is 16.2 Å². The van der Waals surface area contributed by atoms with Crippen LogP contribution in [0.3, 0.4) is 0 Å². The molecule has 0 radical (unpaired) electrons. The van der Waals surface area contributed by atoms with Crippen LogP contribution in [-0.4, -0.2) is 38.9 Å². The Balaban J connectivity index is 1.85. The molecule has 2 aromatic rings. The van der Waals surface area contributed by atoms with Crippen LogP contribution in [-0.2, 0) is 16.1 Å². The zero-order chi connectivity index (χ0) is 21.7. The lowest BCUT2D eigenvalue weighted by molar-refractivity contribution is -0.384. The standard InChI is InChI=1S/C20H20N4O6/c25-18(21-28)8-4-7-17-19(26)23(15-9-11-16(12-10-15)24(29)30)20(27)22(17)13-14-5-2-1-3-6-14/h1-3,5-6,9-12,17,28H,4,7-8,13H2,(H,21,25). The molecule has 1 aliphatic rings. The Morgan fingerprint density at radius 3 is 2.37 bits per heavy atom. The fraction of sp³-hybridized carbons (Fsp3) is 0.250. The van der Waals surface area contributed by atoms with Crippen molar-refractivity contribution in [1.82, 2.24) is 10.4 Å². The molecule has 156 valence electrons. The van der Waals surface area contributed by atoms with Gasteiger partial charge in [-0.15, -0.1) is 0 Å². The maximum absolute atomic E-state index is 13.1. The van der Waals surface area contributed by atoms with Gasteiger partial charge in [0.05, 0.1) is 10.6 Å². The molecule has 0 aromatic heterocycles. The predicted octanol–water partition coefficient (Wildman–Crippen LogP) is 2.61. The molecule has 10 nitrogen and oxygen atoms in total. The zero-order valence-electron chi connectivity index (χ0n) is 15.9. The number of benzene rings is 2. The fourth-order valence-corrected chi connectivity index (χ4v) is 3.35. The summed E-state index contributed by atoms with van der Waals surface area (Å²) in [4.78, 5) is 50.2. The quantitative estimate of drug-likeness (QED) is 0.296. The molecular formula is C20H20N4O6. The Hall–Kier alpha value is -3.79. The second kappa shape index (κ2) is 9.14. The summed E-state index contributed by atoms with van der Waals surface area (Å²) in [5, 5.41) is 19.5. The summed E-state index contributed by atoms with van der Waals surface area (Å²) in [6.07, 6.45) is 0.523. The van der Waals surface area contributed by atoms with Gasteiger partial charge >= 0.3 is 6.03 Å². The van der Waals surface area contributed by atoms with E-state index in [4.69, 9.17) is 5.21 Å². The number of rotatable bonds is 8. The van der Waals surface area contributed by atoms with E-state index >= 15 is 0 Å². The van der Waals surface area contributed by atoms with Crippen molar-refractivity contribution in [3.8, 4) is 0 Å². The number of nitrogens with one attached hydrogen (secondary N) is 1. The summed E-state index contributed by atoms with van der Waals surface area (Å²) in [5.41, 5.74) is 2.47. The van der Waals surface area contributed by atoms with Crippen LogP contribution in [0.2, 0.25) is 0 Å². The molecule has 3 rings (SSSR count). The molecular weight excluding hydrogens is 392 g/mol. The van der Waals surface area contributed by atoms with Gasteiger partial charge in [-0.2, -0.15) is 0 Å². The second-order valence-corrected chi connectivity index (χ2v) is 6.79. The largest absolute Gasteiger partial charge is 0.332 e. The van der Waals surface area contributed by atoms with Gasteiger partial charge in [0.25, 0.3) is 11.6 Å². The zero-order valence-corrected chi connectivity index (χ0v) is 15.9. The third-order valence-electron chi connectivity index (χ3n) is 4.84. The van der Waals surface area contributed by atoms with Crippen LogP contribution in [0.15, 0.2) is 54.6 Å². The first kappa shape index (κ1) is 20.9. The summed E-state index contributed by atoms with van der Waals surface area (Å²) in [7, 11) is 0. The average Bonchev–Trinajstić information content (AvgIpc) is 2.98. The Morgan fingerprint density at radius 2 is 1.77 bits per heavy atom. The minimum Gasteiger partial charge on any atom is -0.308 e. The van der Waals surface area contributed by atoms with Crippen molar-refractivity contribution in [2.75, 3.05) is 4.90 Å². The Bertz CT molecular complexity index is 948. The van der Waals surface area contributed by atoms with Crippen LogP contribution in [0.25, 0.3) is 0 Å².